The lowest BCUT2D eigenvalue weighted by molar-refractivity contribution is 0.266. The molecule has 0 aromatic heterocycles. The van der Waals surface area contributed by atoms with E-state index in [1.165, 1.54) is 5.56 Å². The van der Waals surface area contributed by atoms with E-state index < -0.39 is 0 Å². The highest BCUT2D eigenvalue weighted by molar-refractivity contribution is 6.33. The van der Waals surface area contributed by atoms with E-state index in [1.807, 2.05) is 6.07 Å². The van der Waals surface area contributed by atoms with Gasteiger partial charge in [0.1, 0.15) is 0 Å². The minimum Gasteiger partial charge on any atom is -0.394 e. The summed E-state index contributed by atoms with van der Waals surface area (Å²) >= 11 is 6.42. The monoisotopic (exact) mass is 282 g/mol. The zero-order chi connectivity index (χ0) is 13.8. The average molecular weight is 283 g/mol. The van der Waals surface area contributed by atoms with Gasteiger partial charge in [0, 0.05) is 12.6 Å². The summed E-state index contributed by atoms with van der Waals surface area (Å²) in [4.78, 5) is 2.23. The fourth-order valence-corrected chi connectivity index (χ4v) is 3.09. The summed E-state index contributed by atoms with van der Waals surface area (Å²) in [6, 6.07) is 6.77. The van der Waals surface area contributed by atoms with Crippen molar-refractivity contribution in [3.63, 3.8) is 0 Å². The molecule has 2 rings (SSSR count). The number of hydrogen-bond acceptors (Lipinski definition) is 3. The van der Waals surface area contributed by atoms with Gasteiger partial charge in [0.25, 0.3) is 0 Å². The van der Waals surface area contributed by atoms with Crippen LogP contribution in [0.25, 0.3) is 0 Å². The molecule has 2 unspecified atom stereocenters. The van der Waals surface area contributed by atoms with E-state index in [4.69, 9.17) is 11.6 Å². The van der Waals surface area contributed by atoms with Gasteiger partial charge in [-0.15, -0.1) is 0 Å². The van der Waals surface area contributed by atoms with Gasteiger partial charge in [-0.2, -0.15) is 0 Å². The van der Waals surface area contributed by atoms with Gasteiger partial charge in [0.15, 0.2) is 0 Å². The molecule has 1 heterocycles. The second-order valence-corrected chi connectivity index (χ2v) is 5.57. The number of anilines is 1. The van der Waals surface area contributed by atoms with E-state index >= 15 is 0 Å². The molecule has 3 nitrogen and oxygen atoms in total. The second kappa shape index (κ2) is 6.60. The number of benzene rings is 1. The van der Waals surface area contributed by atoms with Crippen LogP contribution in [0.15, 0.2) is 18.2 Å². The second-order valence-electron chi connectivity index (χ2n) is 5.16. The maximum absolute atomic E-state index is 9.41. The molecule has 0 spiro atoms. The van der Waals surface area contributed by atoms with Crippen LogP contribution in [0.5, 0.6) is 0 Å². The van der Waals surface area contributed by atoms with Crippen LogP contribution in [0.2, 0.25) is 5.02 Å². The number of rotatable bonds is 5. The number of hydrogen-bond donors (Lipinski definition) is 2. The number of nitrogens with one attached hydrogen (secondary N) is 1. The molecule has 1 aromatic carbocycles. The summed E-state index contributed by atoms with van der Waals surface area (Å²) in [5.41, 5.74) is 2.25. The van der Waals surface area contributed by atoms with Crippen molar-refractivity contribution in [3.05, 3.63) is 28.8 Å². The summed E-state index contributed by atoms with van der Waals surface area (Å²) < 4.78 is 0. The van der Waals surface area contributed by atoms with Crippen LogP contribution in [0.4, 0.5) is 5.69 Å². The third-order valence-corrected chi connectivity index (χ3v) is 4.18. The molecule has 1 fully saturated rings. The summed E-state index contributed by atoms with van der Waals surface area (Å²) in [6.45, 7) is 6.36. The van der Waals surface area contributed by atoms with Gasteiger partial charge in [-0.1, -0.05) is 24.6 Å². The Morgan fingerprint density at radius 2 is 2.32 bits per heavy atom. The predicted octanol–water partition coefficient (Wildman–Crippen LogP) is 2.97. The molecule has 1 saturated heterocycles. The lowest BCUT2D eigenvalue weighted by atomic mass is 10.1. The third kappa shape index (κ3) is 3.22. The Morgan fingerprint density at radius 3 is 2.95 bits per heavy atom. The zero-order valence-electron chi connectivity index (χ0n) is 11.7. The first-order valence-electron chi connectivity index (χ1n) is 7.07. The van der Waals surface area contributed by atoms with Crippen LogP contribution in [-0.2, 0) is 0 Å². The molecule has 0 bridgehead atoms. The van der Waals surface area contributed by atoms with Crippen molar-refractivity contribution in [1.29, 1.82) is 0 Å². The highest BCUT2D eigenvalue weighted by Crippen LogP contribution is 2.33. The lowest BCUT2D eigenvalue weighted by Crippen LogP contribution is -2.32. The quantitative estimate of drug-likeness (QED) is 0.872. The maximum Gasteiger partial charge on any atom is 0.0643 e. The highest BCUT2D eigenvalue weighted by atomic mass is 35.5. The van der Waals surface area contributed by atoms with Crippen molar-refractivity contribution in [1.82, 2.24) is 5.32 Å². The molecule has 1 aromatic rings. The van der Waals surface area contributed by atoms with Gasteiger partial charge < -0.3 is 15.3 Å². The molecule has 0 aliphatic carbocycles. The molecule has 0 radical (unpaired) electrons. The fourth-order valence-electron chi connectivity index (χ4n) is 2.79. The summed E-state index contributed by atoms with van der Waals surface area (Å²) in [6.07, 6.45) is 2.17. The van der Waals surface area contributed by atoms with Gasteiger partial charge in [0.2, 0.25) is 0 Å². The van der Waals surface area contributed by atoms with Crippen LogP contribution in [-0.4, -0.2) is 30.8 Å². The Morgan fingerprint density at radius 1 is 1.53 bits per heavy atom. The van der Waals surface area contributed by atoms with Crippen molar-refractivity contribution in [2.75, 3.05) is 24.6 Å². The maximum atomic E-state index is 9.41. The Hall–Kier alpha value is -0.770. The first-order chi connectivity index (χ1) is 9.17. The van der Waals surface area contributed by atoms with Crippen molar-refractivity contribution < 1.29 is 5.11 Å². The first-order valence-corrected chi connectivity index (χ1v) is 7.45. The van der Waals surface area contributed by atoms with Gasteiger partial charge >= 0.3 is 0 Å². The first kappa shape index (κ1) is 14.6. The average Bonchev–Trinajstić information content (AvgIpc) is 2.87. The van der Waals surface area contributed by atoms with Crippen LogP contribution < -0.4 is 10.2 Å². The number of aliphatic hydroxyl groups is 1. The minimum absolute atomic E-state index is 0.200. The summed E-state index contributed by atoms with van der Waals surface area (Å²) in [5.74, 6) is 0. The Balaban J connectivity index is 2.19. The molecule has 2 N–H and O–H groups in total. The van der Waals surface area contributed by atoms with Crippen molar-refractivity contribution in [3.8, 4) is 0 Å². The molecule has 1 aliphatic rings. The number of aliphatic hydroxyl groups excluding tert-OH is 1. The van der Waals surface area contributed by atoms with Gasteiger partial charge in [-0.05, 0) is 44.0 Å². The van der Waals surface area contributed by atoms with Crippen LogP contribution in [0.1, 0.15) is 38.3 Å². The van der Waals surface area contributed by atoms with Crippen LogP contribution >= 0.6 is 11.6 Å². The normalized spacial score (nSPS) is 20.8. The molecule has 2 atom stereocenters. The standard InChI is InChI=1S/C15H23ClN2O/c1-3-17-11(2)12-6-7-15(14(16)9-12)18-8-4-5-13(18)10-19/h6-7,9,11,13,17,19H,3-5,8,10H2,1-2H3. The third-order valence-electron chi connectivity index (χ3n) is 3.88. The molecular formula is C15H23ClN2O. The molecule has 106 valence electrons. The molecule has 0 amide bonds. The van der Waals surface area contributed by atoms with E-state index in [-0.39, 0.29) is 12.6 Å². The van der Waals surface area contributed by atoms with E-state index in [1.54, 1.807) is 0 Å². The van der Waals surface area contributed by atoms with Crippen LogP contribution in [0.3, 0.4) is 0 Å². The van der Waals surface area contributed by atoms with E-state index in [0.29, 0.717) is 6.04 Å². The molecular weight excluding hydrogens is 260 g/mol. The fraction of sp³-hybridized carbons (Fsp3) is 0.600. The Kier molecular flexibility index (Phi) is 5.08. The summed E-state index contributed by atoms with van der Waals surface area (Å²) in [7, 11) is 0. The molecule has 1 aliphatic heterocycles. The van der Waals surface area contributed by atoms with E-state index in [9.17, 15) is 5.11 Å². The van der Waals surface area contributed by atoms with E-state index in [2.05, 4.69) is 36.2 Å². The highest BCUT2D eigenvalue weighted by Gasteiger charge is 2.25. The van der Waals surface area contributed by atoms with E-state index in [0.717, 1.165) is 36.6 Å². The zero-order valence-corrected chi connectivity index (χ0v) is 12.5. The molecule has 19 heavy (non-hydrogen) atoms. The molecule has 4 heteroatoms. The lowest BCUT2D eigenvalue weighted by Gasteiger charge is -2.27. The predicted molar refractivity (Wildman–Crippen MR) is 81.0 cm³/mol. The van der Waals surface area contributed by atoms with Gasteiger partial charge in [0.05, 0.1) is 23.4 Å². The number of halogens is 1. The minimum atomic E-state index is 0.200. The summed E-state index contributed by atoms with van der Waals surface area (Å²) in [5, 5.41) is 13.6. The Bertz CT molecular complexity index is 425. The smallest absolute Gasteiger partial charge is 0.0643 e. The largest absolute Gasteiger partial charge is 0.394 e. The van der Waals surface area contributed by atoms with Gasteiger partial charge in [-0.3, -0.25) is 0 Å². The van der Waals surface area contributed by atoms with Crippen molar-refractivity contribution in [2.45, 2.75) is 38.8 Å². The van der Waals surface area contributed by atoms with Gasteiger partial charge in [-0.25, -0.2) is 0 Å². The Labute approximate surface area is 120 Å². The van der Waals surface area contributed by atoms with Crippen molar-refractivity contribution >= 4 is 17.3 Å². The van der Waals surface area contributed by atoms with Crippen LogP contribution in [0, 0.1) is 0 Å². The van der Waals surface area contributed by atoms with Crippen molar-refractivity contribution in [2.24, 2.45) is 0 Å². The number of nitrogens with zero attached hydrogens (tertiary/aromatic N) is 1. The topological polar surface area (TPSA) is 35.5 Å². The molecule has 0 saturated carbocycles. The SMILES string of the molecule is CCNC(C)c1ccc(N2CCCC2CO)c(Cl)c1.